The second-order valence-corrected chi connectivity index (χ2v) is 36.2. The van der Waals surface area contributed by atoms with Crippen molar-refractivity contribution in [2.75, 3.05) is 31.7 Å². The van der Waals surface area contributed by atoms with Crippen molar-refractivity contribution in [3.63, 3.8) is 0 Å². The van der Waals surface area contributed by atoms with Gasteiger partial charge >= 0.3 is 23.9 Å². The van der Waals surface area contributed by atoms with Crippen LogP contribution in [-0.4, -0.2) is 105 Å². The number of allylic oxidation sites excluding steroid dienone is 3. The van der Waals surface area contributed by atoms with Crippen LogP contribution in [0.25, 0.3) is 33.4 Å². The van der Waals surface area contributed by atoms with Crippen LogP contribution in [0.2, 0.25) is 0 Å². The molecule has 2 aromatic carbocycles. The third kappa shape index (κ3) is 20.5. The van der Waals surface area contributed by atoms with Gasteiger partial charge in [-0.05, 0) is 247 Å². The zero-order chi connectivity index (χ0) is 75.3. The average Bonchev–Trinajstić information content (AvgIpc) is 1.62. The molecule has 1 amide bonds. The number of hydrogen-bond acceptors (Lipinski definition) is 17. The number of aryl methyl sites for hydroxylation is 9. The van der Waals surface area contributed by atoms with E-state index in [2.05, 4.69) is 37.4 Å². The Hall–Kier alpha value is -6.57. The van der Waals surface area contributed by atoms with Crippen LogP contribution >= 0.6 is 45.3 Å². The lowest BCUT2D eigenvalue weighted by molar-refractivity contribution is -0.161. The van der Waals surface area contributed by atoms with Crippen LogP contribution in [0.1, 0.15) is 243 Å². The Balaban J connectivity index is 0.000000173. The molecule has 4 atom stereocenters. The molecular weight excluding hydrogens is 1380 g/mol. The summed E-state index contributed by atoms with van der Waals surface area (Å²) in [5, 5.41) is 42.1. The molecule has 556 valence electrons. The topological polar surface area (TPSA) is 252 Å². The standard InChI is InChI=1S/C21H26O4S.C20H23NO5S.C20H28O5S.C19H28O3S/c1-12-17(15-8-9-16-14(11-15)7-6-10-24-16)18(13(2)26-12)19(20(22)23)25-21(3,4)5;1-10-16(12-6-7-14-13(8-12)21-15(22)9-25-14)17(11(2)27-10)18(19(23)24)26-20(3,4)5;1-12-15(14-6-8-20(9-7-14)23-10-11-24-20)16(13(2)26-12)17(18(21)22)25-19(3,4)5;1-12-15(14-10-8-6-7-9-11-14)16(13(2)23-12)17(18(20)21)22-19(3,4)5/h8-9,11,19H,6-7,10H2,1-5H3,(H,22,23);6-8,18H,9H2,1-5H3,(H,21,22)(H,23,24);6,17H,7-11H2,1-5H3,(H,21,22);10,17H,6-9,11H2,1-5H3,(H,20,21). The molecule has 0 bridgehead atoms. The fourth-order valence-electron chi connectivity index (χ4n) is 13.7. The number of carboxylic acid groups (broad SMARTS) is 4. The van der Waals surface area contributed by atoms with Crippen LogP contribution in [0, 0.1) is 55.4 Å². The van der Waals surface area contributed by atoms with E-state index in [1.165, 1.54) is 52.2 Å². The lowest BCUT2D eigenvalue weighted by atomic mass is 9.86. The van der Waals surface area contributed by atoms with E-state index in [1.807, 2.05) is 149 Å². The summed E-state index contributed by atoms with van der Waals surface area (Å²) in [7, 11) is 0. The van der Waals surface area contributed by atoms with E-state index in [0.717, 1.165) is 135 Å². The smallest absolute Gasteiger partial charge is 0.337 e. The minimum atomic E-state index is -1.08. The maximum absolute atomic E-state index is 12.0. The number of carboxylic acids is 4. The zero-order valence-corrected chi connectivity index (χ0v) is 66.3. The summed E-state index contributed by atoms with van der Waals surface area (Å²) < 4.78 is 46.4. The number of amides is 1. The first-order valence-electron chi connectivity index (χ1n) is 35.1. The van der Waals surface area contributed by atoms with Crippen molar-refractivity contribution in [1.82, 2.24) is 0 Å². The van der Waals surface area contributed by atoms with E-state index in [4.69, 9.17) is 37.9 Å². The molecule has 1 fully saturated rings. The van der Waals surface area contributed by atoms with Crippen LogP contribution in [-0.2, 0) is 58.8 Å². The molecule has 2 aliphatic carbocycles. The van der Waals surface area contributed by atoms with E-state index in [-0.39, 0.29) is 12.5 Å². The SMILES string of the molecule is Cc1sc(C)c(C(OC(C)(C)C)C(=O)O)c1-c1ccc2c(c1)CCCO2.Cc1sc(C)c(C(OC(C)(C)C)C(=O)O)c1-c1ccc2c(c1)NC(=O)CO2.Cc1sc(C)c(C(OC(C)(C)C)C(=O)O)c1C1=CCC2(CC1)OCCO2.Cc1sc(C)c(C(OC(C)(C)C)C(=O)O)c1C1=CCCCCC1. The molecule has 1 spiro atoms. The molecule has 102 heavy (non-hydrogen) atoms. The van der Waals surface area contributed by atoms with Gasteiger partial charge in [-0.2, -0.15) is 0 Å². The molecule has 7 heterocycles. The maximum atomic E-state index is 12.0. The van der Waals surface area contributed by atoms with Crippen molar-refractivity contribution in [2.45, 2.75) is 255 Å². The van der Waals surface area contributed by atoms with Gasteiger partial charge in [-0.1, -0.05) is 30.7 Å². The molecule has 1 saturated heterocycles. The van der Waals surface area contributed by atoms with Gasteiger partial charge in [0, 0.05) is 85.2 Å². The van der Waals surface area contributed by atoms with E-state index in [9.17, 15) is 44.4 Å². The second kappa shape index (κ2) is 33.3. The Bertz CT molecular complexity index is 4100. The number of carbonyl (C=O) groups is 5. The number of ether oxygens (including phenoxy) is 8. The highest BCUT2D eigenvalue weighted by atomic mass is 32.1. The lowest BCUT2D eigenvalue weighted by Gasteiger charge is -2.32. The highest BCUT2D eigenvalue weighted by Gasteiger charge is 2.41. The summed E-state index contributed by atoms with van der Waals surface area (Å²) in [6, 6.07) is 11.7. The molecule has 0 saturated carbocycles. The van der Waals surface area contributed by atoms with Gasteiger partial charge in [-0.3, -0.25) is 4.79 Å². The molecule has 5 N–H and O–H groups in total. The Morgan fingerprint density at radius 2 is 0.863 bits per heavy atom. The maximum Gasteiger partial charge on any atom is 0.337 e. The summed E-state index contributed by atoms with van der Waals surface area (Å²) in [5.74, 6) is -2.98. The molecule has 18 nitrogen and oxygen atoms in total. The van der Waals surface area contributed by atoms with Gasteiger partial charge in [0.2, 0.25) is 0 Å². The van der Waals surface area contributed by atoms with Gasteiger partial charge in [0.15, 0.2) is 36.8 Å². The number of hydrogen-bond donors (Lipinski definition) is 5. The summed E-state index contributed by atoms with van der Waals surface area (Å²) >= 11 is 6.49. The number of benzene rings is 2. The van der Waals surface area contributed by atoms with Gasteiger partial charge in [-0.25, -0.2) is 19.2 Å². The van der Waals surface area contributed by atoms with E-state index < -0.39 is 76.5 Å². The van der Waals surface area contributed by atoms with Crippen molar-refractivity contribution < 1.29 is 82.3 Å². The predicted octanol–water partition coefficient (Wildman–Crippen LogP) is 19.9. The summed E-state index contributed by atoms with van der Waals surface area (Å²) in [5.41, 5.74) is 11.0. The number of nitrogens with one attached hydrogen (secondary N) is 1. The van der Waals surface area contributed by atoms with Gasteiger partial charge in [-0.15, -0.1) is 45.3 Å². The highest BCUT2D eigenvalue weighted by Crippen LogP contribution is 2.49. The highest BCUT2D eigenvalue weighted by molar-refractivity contribution is 7.13. The number of carbonyl (C=O) groups excluding carboxylic acids is 1. The van der Waals surface area contributed by atoms with E-state index in [1.54, 1.807) is 40.1 Å². The number of rotatable bonds is 16. The largest absolute Gasteiger partial charge is 0.493 e. The van der Waals surface area contributed by atoms with Gasteiger partial charge < -0.3 is 63.6 Å². The number of fused-ring (bicyclic) bond motifs is 2. The Morgan fingerprint density at radius 1 is 0.461 bits per heavy atom. The van der Waals surface area contributed by atoms with E-state index >= 15 is 0 Å². The fraction of sp³-hybridized carbons (Fsp3) is 0.537. The number of thiophene rings is 4. The Kier molecular flexibility index (Phi) is 26.4. The van der Waals surface area contributed by atoms with Crippen LogP contribution in [0.5, 0.6) is 11.5 Å². The minimum absolute atomic E-state index is 0.00526. The first-order chi connectivity index (χ1) is 47.6. The van der Waals surface area contributed by atoms with Crippen molar-refractivity contribution >= 4 is 92.0 Å². The molecule has 11 rings (SSSR count). The predicted molar refractivity (Wildman–Crippen MR) is 406 cm³/mol. The van der Waals surface area contributed by atoms with Gasteiger partial charge in [0.25, 0.3) is 5.91 Å². The van der Waals surface area contributed by atoms with E-state index in [0.29, 0.717) is 36.6 Å². The zero-order valence-electron chi connectivity index (χ0n) is 63.1. The summed E-state index contributed by atoms with van der Waals surface area (Å²) in [4.78, 5) is 67.9. The molecule has 4 unspecified atom stereocenters. The van der Waals surface area contributed by atoms with Crippen LogP contribution in [0.4, 0.5) is 5.69 Å². The second-order valence-electron chi connectivity index (χ2n) is 30.5. The first-order valence-corrected chi connectivity index (χ1v) is 38.3. The van der Waals surface area contributed by atoms with Crippen LogP contribution < -0.4 is 14.8 Å². The van der Waals surface area contributed by atoms with Crippen LogP contribution in [0.3, 0.4) is 0 Å². The molecule has 6 aromatic rings. The number of anilines is 1. The monoisotopic (exact) mass is 1480 g/mol. The normalized spacial score (nSPS) is 17.2. The summed E-state index contributed by atoms with van der Waals surface area (Å²) in [6.45, 7) is 40.6. The quantitative estimate of drug-likeness (QED) is 0.0604. The van der Waals surface area contributed by atoms with Crippen LogP contribution in [0.15, 0.2) is 48.6 Å². The number of aliphatic carboxylic acids is 4. The third-order valence-electron chi connectivity index (χ3n) is 17.6. The van der Waals surface area contributed by atoms with Crippen molar-refractivity contribution in [3.05, 3.63) is 127 Å². The molecule has 3 aliphatic heterocycles. The average molecular weight is 1480 g/mol. The van der Waals surface area contributed by atoms with Crippen molar-refractivity contribution in [1.29, 1.82) is 0 Å². The third-order valence-corrected chi connectivity index (χ3v) is 21.7. The fourth-order valence-corrected chi connectivity index (χ4v) is 18.2. The van der Waals surface area contributed by atoms with Gasteiger partial charge in [0.05, 0.1) is 47.9 Å². The Morgan fingerprint density at radius 3 is 1.27 bits per heavy atom. The van der Waals surface area contributed by atoms with Crippen molar-refractivity contribution in [2.24, 2.45) is 0 Å². The lowest BCUT2D eigenvalue weighted by Crippen LogP contribution is -2.32. The summed E-state index contributed by atoms with van der Waals surface area (Å²) in [6.07, 6.45) is 10.6. The first kappa shape index (κ1) is 81.1. The van der Waals surface area contributed by atoms with Crippen molar-refractivity contribution in [3.8, 4) is 33.8 Å². The molecule has 4 aromatic heterocycles. The molecular formula is C80H105NO17S4. The Labute approximate surface area is 617 Å². The van der Waals surface area contributed by atoms with Gasteiger partial charge in [0.1, 0.15) is 11.5 Å². The molecule has 5 aliphatic rings. The minimum Gasteiger partial charge on any atom is -0.493 e. The molecule has 22 heteroatoms. The molecule has 0 radical (unpaired) electrons.